The highest BCUT2D eigenvalue weighted by Crippen LogP contribution is 2.23. The van der Waals surface area contributed by atoms with Gasteiger partial charge in [-0.3, -0.25) is 0 Å². The second kappa shape index (κ2) is 7.61. The SMILES string of the molecule is CCCNCCCS(=O)(=O)N(C)C1CCSC1. The Labute approximate surface area is 110 Å². The summed E-state index contributed by atoms with van der Waals surface area (Å²) >= 11 is 1.84. The van der Waals surface area contributed by atoms with Crippen LogP contribution in [0.2, 0.25) is 0 Å². The lowest BCUT2D eigenvalue weighted by molar-refractivity contribution is 0.393. The zero-order valence-corrected chi connectivity index (χ0v) is 12.4. The standard InChI is InChI=1S/C11H24N2O2S2/c1-3-6-12-7-4-9-17(14,15)13(2)11-5-8-16-10-11/h11-12H,3-10H2,1-2H3. The van der Waals surface area contributed by atoms with Crippen molar-refractivity contribution in [2.24, 2.45) is 0 Å². The molecule has 1 rings (SSSR count). The quantitative estimate of drug-likeness (QED) is 0.678. The molecule has 4 nitrogen and oxygen atoms in total. The van der Waals surface area contributed by atoms with Crippen molar-refractivity contribution >= 4 is 21.8 Å². The first kappa shape index (κ1) is 15.3. The van der Waals surface area contributed by atoms with E-state index in [1.807, 2.05) is 11.8 Å². The maximum atomic E-state index is 12.0. The maximum Gasteiger partial charge on any atom is 0.214 e. The van der Waals surface area contributed by atoms with Crippen molar-refractivity contribution in [3.05, 3.63) is 0 Å². The van der Waals surface area contributed by atoms with Crippen LogP contribution in [0.4, 0.5) is 0 Å². The van der Waals surface area contributed by atoms with E-state index in [0.29, 0.717) is 6.42 Å². The summed E-state index contributed by atoms with van der Waals surface area (Å²) in [6.45, 7) is 3.87. The molecule has 1 atom stereocenters. The molecule has 1 N–H and O–H groups in total. The fourth-order valence-electron chi connectivity index (χ4n) is 1.86. The largest absolute Gasteiger partial charge is 0.317 e. The molecule has 1 heterocycles. The third-order valence-corrected chi connectivity index (χ3v) is 6.17. The van der Waals surface area contributed by atoms with Gasteiger partial charge < -0.3 is 5.32 Å². The Kier molecular flexibility index (Phi) is 6.84. The second-order valence-electron chi connectivity index (χ2n) is 4.45. The van der Waals surface area contributed by atoms with Gasteiger partial charge in [-0.2, -0.15) is 11.8 Å². The zero-order chi connectivity index (χ0) is 12.7. The molecule has 1 aliphatic rings. The molecule has 1 saturated heterocycles. The Morgan fingerprint density at radius 3 is 2.76 bits per heavy atom. The van der Waals surface area contributed by atoms with Crippen LogP contribution >= 0.6 is 11.8 Å². The number of nitrogens with one attached hydrogen (secondary N) is 1. The first-order valence-corrected chi connectivity index (χ1v) is 9.08. The third kappa shape index (κ3) is 5.16. The van der Waals surface area contributed by atoms with E-state index in [0.717, 1.165) is 37.4 Å². The summed E-state index contributed by atoms with van der Waals surface area (Å²) in [6, 6.07) is 0.216. The fourth-order valence-corrected chi connectivity index (χ4v) is 4.65. The topological polar surface area (TPSA) is 49.4 Å². The van der Waals surface area contributed by atoms with E-state index in [9.17, 15) is 8.42 Å². The molecule has 0 radical (unpaired) electrons. The van der Waals surface area contributed by atoms with Gasteiger partial charge in [-0.1, -0.05) is 6.92 Å². The number of nitrogens with zero attached hydrogens (tertiary/aromatic N) is 1. The molecule has 0 spiro atoms. The molecule has 1 unspecified atom stereocenters. The van der Waals surface area contributed by atoms with Crippen LogP contribution in [-0.4, -0.2) is 56.2 Å². The lowest BCUT2D eigenvalue weighted by atomic mass is 10.3. The highest BCUT2D eigenvalue weighted by Gasteiger charge is 2.28. The van der Waals surface area contributed by atoms with E-state index < -0.39 is 10.0 Å². The van der Waals surface area contributed by atoms with Crippen molar-refractivity contribution in [3.8, 4) is 0 Å². The summed E-state index contributed by atoms with van der Waals surface area (Å²) in [6.07, 6.45) is 2.78. The minimum atomic E-state index is -3.05. The first-order chi connectivity index (χ1) is 8.08. The van der Waals surface area contributed by atoms with Gasteiger partial charge in [0, 0.05) is 18.8 Å². The number of hydrogen-bond acceptors (Lipinski definition) is 4. The second-order valence-corrected chi connectivity index (χ2v) is 7.75. The molecule has 102 valence electrons. The molecule has 0 bridgehead atoms. The summed E-state index contributed by atoms with van der Waals surface area (Å²) in [5.74, 6) is 2.30. The van der Waals surface area contributed by atoms with Crippen molar-refractivity contribution in [2.75, 3.05) is 37.4 Å². The monoisotopic (exact) mass is 280 g/mol. The molecule has 1 aliphatic heterocycles. The van der Waals surface area contributed by atoms with Crippen LogP contribution < -0.4 is 5.32 Å². The summed E-state index contributed by atoms with van der Waals surface area (Å²) in [5, 5.41) is 3.23. The Hall–Kier alpha value is 0.220. The van der Waals surface area contributed by atoms with Gasteiger partial charge in [-0.05, 0) is 38.1 Å². The number of sulfonamides is 1. The summed E-state index contributed by atoms with van der Waals surface area (Å²) < 4.78 is 25.7. The molecule has 0 aromatic carbocycles. The van der Waals surface area contributed by atoms with Crippen LogP contribution in [0.3, 0.4) is 0 Å². The van der Waals surface area contributed by atoms with E-state index in [-0.39, 0.29) is 11.8 Å². The number of thioether (sulfide) groups is 1. The molecule has 6 heteroatoms. The van der Waals surface area contributed by atoms with Gasteiger partial charge in [0.05, 0.1) is 5.75 Å². The minimum absolute atomic E-state index is 0.216. The van der Waals surface area contributed by atoms with Crippen molar-refractivity contribution in [1.29, 1.82) is 0 Å². The molecular weight excluding hydrogens is 256 g/mol. The van der Waals surface area contributed by atoms with Crippen molar-refractivity contribution < 1.29 is 8.42 Å². The lowest BCUT2D eigenvalue weighted by Gasteiger charge is -2.23. The maximum absolute atomic E-state index is 12.0. The summed E-state index contributed by atoms with van der Waals surface area (Å²) in [7, 11) is -1.32. The Bertz CT molecular complexity index is 301. The molecule has 0 aromatic rings. The van der Waals surface area contributed by atoms with Gasteiger partial charge in [0.25, 0.3) is 0 Å². The molecule has 0 saturated carbocycles. The number of rotatable bonds is 8. The molecule has 0 aromatic heterocycles. The Balaban J connectivity index is 2.29. The summed E-state index contributed by atoms with van der Waals surface area (Å²) in [5.41, 5.74) is 0. The van der Waals surface area contributed by atoms with Crippen molar-refractivity contribution in [3.63, 3.8) is 0 Å². The Morgan fingerprint density at radius 2 is 2.18 bits per heavy atom. The first-order valence-electron chi connectivity index (χ1n) is 6.32. The van der Waals surface area contributed by atoms with Gasteiger partial charge in [0.1, 0.15) is 0 Å². The zero-order valence-electron chi connectivity index (χ0n) is 10.8. The lowest BCUT2D eigenvalue weighted by Crippen LogP contribution is -2.38. The van der Waals surface area contributed by atoms with E-state index >= 15 is 0 Å². The third-order valence-electron chi connectivity index (χ3n) is 3.04. The molecule has 1 fully saturated rings. The fraction of sp³-hybridized carbons (Fsp3) is 1.00. The van der Waals surface area contributed by atoms with Gasteiger partial charge in [-0.25, -0.2) is 12.7 Å². The van der Waals surface area contributed by atoms with E-state index in [4.69, 9.17) is 0 Å². The smallest absolute Gasteiger partial charge is 0.214 e. The number of hydrogen-bond donors (Lipinski definition) is 1. The van der Waals surface area contributed by atoms with Crippen LogP contribution in [-0.2, 0) is 10.0 Å². The summed E-state index contributed by atoms with van der Waals surface area (Å²) in [4.78, 5) is 0. The van der Waals surface area contributed by atoms with Crippen LogP contribution in [0, 0.1) is 0 Å². The average Bonchev–Trinajstić information content (AvgIpc) is 2.81. The van der Waals surface area contributed by atoms with Crippen LogP contribution in [0.1, 0.15) is 26.2 Å². The molecule has 0 aliphatic carbocycles. The van der Waals surface area contributed by atoms with E-state index in [1.54, 1.807) is 11.4 Å². The van der Waals surface area contributed by atoms with Crippen LogP contribution in [0.25, 0.3) is 0 Å². The van der Waals surface area contributed by atoms with Crippen LogP contribution in [0.15, 0.2) is 0 Å². The predicted molar refractivity (Wildman–Crippen MR) is 75.1 cm³/mol. The highest BCUT2D eigenvalue weighted by atomic mass is 32.2. The highest BCUT2D eigenvalue weighted by molar-refractivity contribution is 7.99. The Morgan fingerprint density at radius 1 is 1.41 bits per heavy atom. The van der Waals surface area contributed by atoms with E-state index in [2.05, 4.69) is 12.2 Å². The normalized spacial score (nSPS) is 21.2. The average molecular weight is 280 g/mol. The van der Waals surface area contributed by atoms with E-state index in [1.165, 1.54) is 0 Å². The molecule has 17 heavy (non-hydrogen) atoms. The molecule has 0 amide bonds. The van der Waals surface area contributed by atoms with Crippen LogP contribution in [0.5, 0.6) is 0 Å². The molecular formula is C11H24N2O2S2. The minimum Gasteiger partial charge on any atom is -0.317 e. The van der Waals surface area contributed by atoms with Crippen molar-refractivity contribution in [2.45, 2.75) is 32.2 Å². The van der Waals surface area contributed by atoms with Crippen molar-refractivity contribution in [1.82, 2.24) is 9.62 Å². The van der Waals surface area contributed by atoms with Gasteiger partial charge in [-0.15, -0.1) is 0 Å². The predicted octanol–water partition coefficient (Wildman–Crippen LogP) is 1.14. The van der Waals surface area contributed by atoms with Gasteiger partial charge >= 0.3 is 0 Å². The van der Waals surface area contributed by atoms with Gasteiger partial charge in [0.2, 0.25) is 10.0 Å². The van der Waals surface area contributed by atoms with Gasteiger partial charge in [0.15, 0.2) is 0 Å².